The smallest absolute Gasteiger partial charge is 0.180 e. The highest BCUT2D eigenvalue weighted by Crippen LogP contribution is 2.27. The summed E-state index contributed by atoms with van der Waals surface area (Å²) in [5, 5.41) is 3.21. The minimum atomic E-state index is 0.598. The third-order valence-electron chi connectivity index (χ3n) is 2.71. The molecule has 0 aliphatic rings. The zero-order chi connectivity index (χ0) is 13.7. The van der Waals surface area contributed by atoms with Crippen LogP contribution in [-0.4, -0.2) is 11.6 Å². The minimum Gasteiger partial charge on any atom is -0.492 e. The lowest BCUT2D eigenvalue weighted by molar-refractivity contribution is 0.309. The molecule has 5 heteroatoms. The molecule has 1 aromatic heterocycles. The van der Waals surface area contributed by atoms with Crippen molar-refractivity contribution >= 4 is 28.1 Å². The van der Waals surface area contributed by atoms with Crippen LogP contribution < -0.4 is 10.5 Å². The highest BCUT2D eigenvalue weighted by atomic mass is 35.5. The number of hydrogen-bond donors (Lipinski definition) is 1. The SMILES string of the molecule is CCCCOc1ccc(Cc2csc(N)n2)cc1Cl. The Morgan fingerprint density at radius 3 is 2.89 bits per heavy atom. The Kier molecular flexibility index (Phi) is 5.05. The van der Waals surface area contributed by atoms with Crippen molar-refractivity contribution < 1.29 is 4.74 Å². The lowest BCUT2D eigenvalue weighted by atomic mass is 10.1. The molecule has 1 heterocycles. The third kappa shape index (κ3) is 4.11. The quantitative estimate of drug-likeness (QED) is 0.815. The average molecular weight is 297 g/mol. The van der Waals surface area contributed by atoms with Gasteiger partial charge in [-0.2, -0.15) is 0 Å². The molecule has 102 valence electrons. The zero-order valence-electron chi connectivity index (χ0n) is 10.9. The Bertz CT molecular complexity index is 542. The first-order valence-corrected chi connectivity index (χ1v) is 7.56. The van der Waals surface area contributed by atoms with Crippen LogP contribution >= 0.6 is 22.9 Å². The van der Waals surface area contributed by atoms with Crippen LogP contribution in [0, 0.1) is 0 Å². The van der Waals surface area contributed by atoms with Crippen LogP contribution in [0.3, 0.4) is 0 Å². The first kappa shape index (κ1) is 14.2. The number of anilines is 1. The summed E-state index contributed by atoms with van der Waals surface area (Å²) < 4.78 is 5.62. The van der Waals surface area contributed by atoms with Gasteiger partial charge < -0.3 is 10.5 Å². The molecule has 0 fully saturated rings. The molecular formula is C14H17ClN2OS. The predicted octanol–water partition coefficient (Wildman–Crippen LogP) is 4.15. The maximum Gasteiger partial charge on any atom is 0.180 e. The molecule has 0 aliphatic heterocycles. The molecule has 2 rings (SSSR count). The fourth-order valence-corrected chi connectivity index (χ4v) is 2.53. The summed E-state index contributed by atoms with van der Waals surface area (Å²) in [6.45, 7) is 2.84. The van der Waals surface area contributed by atoms with Crippen molar-refractivity contribution in [2.24, 2.45) is 0 Å². The van der Waals surface area contributed by atoms with Crippen LogP contribution in [0.15, 0.2) is 23.6 Å². The van der Waals surface area contributed by atoms with Crippen LogP contribution in [0.2, 0.25) is 5.02 Å². The van der Waals surface area contributed by atoms with E-state index in [2.05, 4.69) is 11.9 Å². The van der Waals surface area contributed by atoms with Crippen molar-refractivity contribution in [3.63, 3.8) is 0 Å². The average Bonchev–Trinajstić information content (AvgIpc) is 2.78. The van der Waals surface area contributed by atoms with Gasteiger partial charge in [-0.1, -0.05) is 31.0 Å². The van der Waals surface area contributed by atoms with Gasteiger partial charge in [-0.05, 0) is 24.1 Å². The second-order valence-corrected chi connectivity index (χ2v) is 5.62. The minimum absolute atomic E-state index is 0.598. The van der Waals surface area contributed by atoms with Crippen LogP contribution in [0.4, 0.5) is 5.13 Å². The lowest BCUT2D eigenvalue weighted by Gasteiger charge is -2.08. The standard InChI is InChI=1S/C14H17ClN2OS/c1-2-3-6-18-13-5-4-10(8-12(13)15)7-11-9-19-14(16)17-11/h4-5,8-9H,2-3,6-7H2,1H3,(H2,16,17). The van der Waals surface area contributed by atoms with Crippen molar-refractivity contribution in [3.05, 3.63) is 39.9 Å². The lowest BCUT2D eigenvalue weighted by Crippen LogP contribution is -1.98. The summed E-state index contributed by atoms with van der Waals surface area (Å²) in [6.07, 6.45) is 2.89. The Morgan fingerprint density at radius 2 is 2.26 bits per heavy atom. The molecule has 19 heavy (non-hydrogen) atoms. The largest absolute Gasteiger partial charge is 0.492 e. The van der Waals surface area contributed by atoms with Crippen molar-refractivity contribution in [2.45, 2.75) is 26.2 Å². The Balaban J connectivity index is 2.01. The van der Waals surface area contributed by atoms with Gasteiger partial charge in [0.25, 0.3) is 0 Å². The molecule has 0 amide bonds. The Hall–Kier alpha value is -1.26. The van der Waals surface area contributed by atoms with Gasteiger partial charge >= 0.3 is 0 Å². The number of nitrogens with zero attached hydrogens (tertiary/aromatic N) is 1. The van der Waals surface area contributed by atoms with E-state index in [-0.39, 0.29) is 0 Å². The molecule has 0 bridgehead atoms. The zero-order valence-corrected chi connectivity index (χ0v) is 12.4. The Labute approximate surface area is 122 Å². The van der Waals surface area contributed by atoms with Crippen molar-refractivity contribution in [2.75, 3.05) is 12.3 Å². The van der Waals surface area contributed by atoms with E-state index in [0.29, 0.717) is 16.8 Å². The number of nitrogen functional groups attached to an aromatic ring is 1. The second-order valence-electron chi connectivity index (χ2n) is 4.32. The van der Waals surface area contributed by atoms with E-state index < -0.39 is 0 Å². The molecule has 2 N–H and O–H groups in total. The van der Waals surface area contributed by atoms with Gasteiger partial charge in [-0.25, -0.2) is 4.98 Å². The fourth-order valence-electron chi connectivity index (χ4n) is 1.71. The van der Waals surface area contributed by atoms with Gasteiger partial charge in [0, 0.05) is 11.8 Å². The number of nitrogens with two attached hydrogens (primary N) is 1. The van der Waals surface area contributed by atoms with Crippen LogP contribution in [0.1, 0.15) is 31.0 Å². The van der Waals surface area contributed by atoms with Gasteiger partial charge in [0.2, 0.25) is 0 Å². The Morgan fingerprint density at radius 1 is 1.42 bits per heavy atom. The van der Waals surface area contributed by atoms with E-state index >= 15 is 0 Å². The summed E-state index contributed by atoms with van der Waals surface area (Å²) in [6, 6.07) is 5.87. The van der Waals surface area contributed by atoms with E-state index in [9.17, 15) is 0 Å². The first-order valence-electron chi connectivity index (χ1n) is 6.30. The van der Waals surface area contributed by atoms with E-state index in [1.807, 2.05) is 23.6 Å². The number of benzene rings is 1. The van der Waals surface area contributed by atoms with Gasteiger partial charge in [-0.15, -0.1) is 11.3 Å². The van der Waals surface area contributed by atoms with E-state index in [0.717, 1.165) is 36.3 Å². The highest BCUT2D eigenvalue weighted by molar-refractivity contribution is 7.13. The topological polar surface area (TPSA) is 48.1 Å². The maximum absolute atomic E-state index is 6.21. The first-order chi connectivity index (χ1) is 9.19. The second kappa shape index (κ2) is 6.78. The molecule has 0 spiro atoms. The van der Waals surface area contributed by atoms with Gasteiger partial charge in [0.1, 0.15) is 5.75 Å². The number of aromatic nitrogens is 1. The molecule has 3 nitrogen and oxygen atoms in total. The van der Waals surface area contributed by atoms with Crippen LogP contribution in [0.5, 0.6) is 5.75 Å². The van der Waals surface area contributed by atoms with Crippen LogP contribution in [0.25, 0.3) is 0 Å². The van der Waals surface area contributed by atoms with Crippen LogP contribution in [-0.2, 0) is 6.42 Å². The van der Waals surface area contributed by atoms with E-state index in [4.69, 9.17) is 22.1 Å². The van der Waals surface area contributed by atoms with Crippen molar-refractivity contribution in [1.29, 1.82) is 0 Å². The molecule has 0 saturated heterocycles. The van der Waals surface area contributed by atoms with E-state index in [1.54, 1.807) is 0 Å². The van der Waals surface area contributed by atoms with Crippen molar-refractivity contribution in [1.82, 2.24) is 4.98 Å². The molecule has 0 aliphatic carbocycles. The molecule has 0 atom stereocenters. The van der Waals surface area contributed by atoms with Gasteiger partial charge in [0.05, 0.1) is 17.3 Å². The number of rotatable bonds is 6. The highest BCUT2D eigenvalue weighted by Gasteiger charge is 2.05. The molecule has 0 radical (unpaired) electrons. The monoisotopic (exact) mass is 296 g/mol. The summed E-state index contributed by atoms with van der Waals surface area (Å²) in [5.74, 6) is 0.747. The molecular weight excluding hydrogens is 280 g/mol. The number of halogens is 1. The van der Waals surface area contributed by atoms with Crippen molar-refractivity contribution in [3.8, 4) is 5.75 Å². The maximum atomic E-state index is 6.21. The number of unbranched alkanes of at least 4 members (excludes halogenated alkanes) is 1. The van der Waals surface area contributed by atoms with E-state index in [1.165, 1.54) is 11.3 Å². The summed E-state index contributed by atoms with van der Waals surface area (Å²) in [4.78, 5) is 4.24. The van der Waals surface area contributed by atoms with Gasteiger partial charge in [-0.3, -0.25) is 0 Å². The number of hydrogen-bond acceptors (Lipinski definition) is 4. The summed E-state index contributed by atoms with van der Waals surface area (Å²) >= 11 is 7.67. The molecule has 2 aromatic rings. The normalized spacial score (nSPS) is 10.6. The summed E-state index contributed by atoms with van der Waals surface area (Å²) in [7, 11) is 0. The van der Waals surface area contributed by atoms with Gasteiger partial charge in [0.15, 0.2) is 5.13 Å². The number of ether oxygens (including phenoxy) is 1. The summed E-state index contributed by atoms with van der Waals surface area (Å²) in [5.41, 5.74) is 7.70. The molecule has 1 aromatic carbocycles. The number of thiazole rings is 1. The predicted molar refractivity (Wildman–Crippen MR) is 81.2 cm³/mol. The third-order valence-corrected chi connectivity index (χ3v) is 3.72. The molecule has 0 saturated carbocycles. The fraction of sp³-hybridized carbons (Fsp3) is 0.357. The molecule has 0 unspecified atom stereocenters.